The molecule has 1 N–H and O–H groups in total. The summed E-state index contributed by atoms with van der Waals surface area (Å²) >= 11 is 0. The zero-order valence-corrected chi connectivity index (χ0v) is 13.6. The molecule has 21 heavy (non-hydrogen) atoms. The van der Waals surface area contributed by atoms with Crippen LogP contribution in [0.4, 0.5) is 11.4 Å². The average Bonchev–Trinajstić information content (AvgIpc) is 2.45. The first-order valence-corrected chi connectivity index (χ1v) is 7.71. The van der Waals surface area contributed by atoms with E-state index in [9.17, 15) is 10.1 Å². The predicted molar refractivity (Wildman–Crippen MR) is 87.7 cm³/mol. The van der Waals surface area contributed by atoms with Crippen molar-refractivity contribution < 1.29 is 4.92 Å². The number of nitro groups is 1. The van der Waals surface area contributed by atoms with Crippen molar-refractivity contribution in [3.63, 3.8) is 0 Å². The molecule has 0 radical (unpaired) electrons. The smallest absolute Gasteiger partial charge is 0.292 e. The van der Waals surface area contributed by atoms with Gasteiger partial charge in [-0.2, -0.15) is 0 Å². The molecule has 0 aliphatic rings. The van der Waals surface area contributed by atoms with E-state index in [-0.39, 0.29) is 10.6 Å². The molecule has 5 heteroatoms. The first kappa shape index (κ1) is 17.4. The lowest BCUT2D eigenvalue weighted by Crippen LogP contribution is -2.28. The van der Waals surface area contributed by atoms with Gasteiger partial charge in [-0.05, 0) is 38.4 Å². The fraction of sp³-hybridized carbons (Fsp3) is 0.625. The Kier molecular flexibility index (Phi) is 7.15. The van der Waals surface area contributed by atoms with Gasteiger partial charge in [-0.1, -0.05) is 26.3 Å². The quantitative estimate of drug-likeness (QED) is 0.551. The normalized spacial score (nSPS) is 12.4. The van der Waals surface area contributed by atoms with Crippen LogP contribution in [0.3, 0.4) is 0 Å². The molecule has 1 unspecified atom stereocenters. The Morgan fingerprint density at radius 1 is 1.33 bits per heavy atom. The maximum atomic E-state index is 11.2. The van der Waals surface area contributed by atoms with Crippen molar-refractivity contribution in [2.24, 2.45) is 0 Å². The summed E-state index contributed by atoms with van der Waals surface area (Å²) in [6, 6.07) is 5.96. The minimum absolute atomic E-state index is 0.164. The van der Waals surface area contributed by atoms with Crippen molar-refractivity contribution in [2.75, 3.05) is 18.9 Å². The Hall–Kier alpha value is -1.62. The van der Waals surface area contributed by atoms with Crippen LogP contribution in [-0.2, 0) is 6.54 Å². The Morgan fingerprint density at radius 3 is 2.62 bits per heavy atom. The summed E-state index contributed by atoms with van der Waals surface area (Å²) in [4.78, 5) is 13.1. The molecular formula is C16H27N3O2. The summed E-state index contributed by atoms with van der Waals surface area (Å²) in [5.74, 6) is 0. The van der Waals surface area contributed by atoms with E-state index in [1.54, 1.807) is 6.07 Å². The Labute approximate surface area is 127 Å². The number of rotatable bonds is 9. The number of nitrogens with one attached hydrogen (secondary N) is 1. The van der Waals surface area contributed by atoms with Crippen LogP contribution >= 0.6 is 0 Å². The number of nitrogens with zero attached hydrogens (tertiary/aromatic N) is 2. The maximum Gasteiger partial charge on any atom is 0.292 e. The van der Waals surface area contributed by atoms with Gasteiger partial charge in [0.05, 0.1) is 4.92 Å². The van der Waals surface area contributed by atoms with Crippen molar-refractivity contribution in [3.05, 3.63) is 33.9 Å². The highest BCUT2D eigenvalue weighted by Crippen LogP contribution is 2.26. The average molecular weight is 293 g/mol. The molecule has 0 saturated heterocycles. The minimum atomic E-state index is -0.309. The van der Waals surface area contributed by atoms with E-state index in [4.69, 9.17) is 0 Å². The van der Waals surface area contributed by atoms with Crippen molar-refractivity contribution in [3.8, 4) is 0 Å². The maximum absolute atomic E-state index is 11.2. The van der Waals surface area contributed by atoms with Crippen molar-refractivity contribution in [2.45, 2.75) is 52.6 Å². The highest BCUT2D eigenvalue weighted by Gasteiger charge is 2.16. The third-order valence-corrected chi connectivity index (χ3v) is 3.72. The van der Waals surface area contributed by atoms with E-state index < -0.39 is 0 Å². The van der Waals surface area contributed by atoms with Gasteiger partial charge in [-0.25, -0.2) is 0 Å². The van der Waals surface area contributed by atoms with Crippen LogP contribution < -0.4 is 5.32 Å². The lowest BCUT2D eigenvalue weighted by atomic mass is 10.1. The lowest BCUT2D eigenvalue weighted by Gasteiger charge is -2.24. The monoisotopic (exact) mass is 293 g/mol. The first-order valence-electron chi connectivity index (χ1n) is 7.71. The van der Waals surface area contributed by atoms with Gasteiger partial charge in [-0.15, -0.1) is 0 Å². The molecule has 0 amide bonds. The van der Waals surface area contributed by atoms with Gasteiger partial charge in [0, 0.05) is 25.2 Å². The number of hydrogen-bond acceptors (Lipinski definition) is 4. The summed E-state index contributed by atoms with van der Waals surface area (Å²) in [5.41, 5.74) is 1.75. The molecule has 0 heterocycles. The molecule has 0 aliphatic carbocycles. The van der Waals surface area contributed by atoms with Crippen molar-refractivity contribution in [1.82, 2.24) is 4.90 Å². The van der Waals surface area contributed by atoms with Crippen LogP contribution in [0.5, 0.6) is 0 Å². The predicted octanol–water partition coefficient (Wildman–Crippen LogP) is 4.04. The molecule has 0 spiro atoms. The van der Waals surface area contributed by atoms with Crippen molar-refractivity contribution in [1.29, 1.82) is 0 Å². The largest absolute Gasteiger partial charge is 0.380 e. The fourth-order valence-corrected chi connectivity index (χ4v) is 2.32. The zero-order chi connectivity index (χ0) is 15.8. The Morgan fingerprint density at radius 2 is 2.05 bits per heavy atom. The standard InChI is InChI=1S/C16H27N3O2/c1-5-7-13(3)18(4)12-14-8-9-15(17-10-6-2)16(11-14)19(20)21/h8-9,11,13,17H,5-7,10,12H2,1-4H3. The third-order valence-electron chi connectivity index (χ3n) is 3.72. The van der Waals surface area contributed by atoms with E-state index in [1.807, 2.05) is 19.1 Å². The van der Waals surface area contributed by atoms with Gasteiger partial charge >= 0.3 is 0 Å². The van der Waals surface area contributed by atoms with E-state index in [2.05, 4.69) is 31.1 Å². The molecular weight excluding hydrogens is 266 g/mol. The van der Waals surface area contributed by atoms with Crippen LogP contribution in [-0.4, -0.2) is 29.5 Å². The van der Waals surface area contributed by atoms with Crippen molar-refractivity contribution >= 4 is 11.4 Å². The topological polar surface area (TPSA) is 58.4 Å². The lowest BCUT2D eigenvalue weighted by molar-refractivity contribution is -0.384. The van der Waals surface area contributed by atoms with Gasteiger partial charge in [0.15, 0.2) is 0 Å². The highest BCUT2D eigenvalue weighted by atomic mass is 16.6. The Balaban J connectivity index is 2.85. The molecule has 5 nitrogen and oxygen atoms in total. The van der Waals surface area contributed by atoms with Gasteiger partial charge < -0.3 is 5.32 Å². The second-order valence-corrected chi connectivity index (χ2v) is 5.59. The molecule has 0 saturated carbocycles. The van der Waals surface area contributed by atoms with Gasteiger partial charge in [0.25, 0.3) is 5.69 Å². The number of nitro benzene ring substituents is 1. The van der Waals surface area contributed by atoms with Gasteiger partial charge in [-0.3, -0.25) is 15.0 Å². The summed E-state index contributed by atoms with van der Waals surface area (Å²) in [7, 11) is 2.06. The molecule has 0 fully saturated rings. The summed E-state index contributed by atoms with van der Waals surface area (Å²) in [5, 5.41) is 14.3. The van der Waals surface area contributed by atoms with E-state index in [0.717, 1.165) is 37.9 Å². The van der Waals surface area contributed by atoms with Crippen LogP contribution in [0.25, 0.3) is 0 Å². The fourth-order valence-electron chi connectivity index (χ4n) is 2.32. The number of benzene rings is 1. The molecule has 0 aliphatic heterocycles. The summed E-state index contributed by atoms with van der Waals surface area (Å²) in [6.07, 6.45) is 3.22. The van der Waals surface area contributed by atoms with Gasteiger partial charge in [0.1, 0.15) is 5.69 Å². The zero-order valence-electron chi connectivity index (χ0n) is 13.6. The highest BCUT2D eigenvalue weighted by molar-refractivity contribution is 5.62. The molecule has 1 rings (SSSR count). The summed E-state index contributed by atoms with van der Waals surface area (Å²) in [6.45, 7) is 7.87. The molecule has 1 aromatic rings. The second-order valence-electron chi connectivity index (χ2n) is 5.59. The van der Waals surface area contributed by atoms with Crippen LogP contribution in [0.2, 0.25) is 0 Å². The molecule has 1 aromatic carbocycles. The van der Waals surface area contributed by atoms with E-state index in [0.29, 0.717) is 11.7 Å². The Bertz CT molecular complexity index is 463. The summed E-state index contributed by atoms with van der Waals surface area (Å²) < 4.78 is 0. The second kappa shape index (κ2) is 8.62. The van der Waals surface area contributed by atoms with Crippen LogP contribution in [0.1, 0.15) is 45.6 Å². The number of hydrogen-bond donors (Lipinski definition) is 1. The van der Waals surface area contributed by atoms with Gasteiger partial charge in [0.2, 0.25) is 0 Å². The first-order chi connectivity index (χ1) is 9.99. The van der Waals surface area contributed by atoms with E-state index >= 15 is 0 Å². The molecule has 118 valence electrons. The van der Waals surface area contributed by atoms with Crippen LogP contribution in [0.15, 0.2) is 18.2 Å². The SMILES string of the molecule is CCCNc1ccc(CN(C)C(C)CCC)cc1[N+](=O)[O-]. The van der Waals surface area contributed by atoms with E-state index in [1.165, 1.54) is 0 Å². The molecule has 1 atom stereocenters. The number of anilines is 1. The van der Waals surface area contributed by atoms with Crippen LogP contribution in [0, 0.1) is 10.1 Å². The minimum Gasteiger partial charge on any atom is -0.380 e. The molecule has 0 bridgehead atoms. The third kappa shape index (κ3) is 5.34. The molecule has 0 aromatic heterocycles.